The van der Waals surface area contributed by atoms with Gasteiger partial charge in [0.05, 0.1) is 30.7 Å². The number of rotatable bonds is 10. The summed E-state index contributed by atoms with van der Waals surface area (Å²) >= 11 is 0.0444. The van der Waals surface area contributed by atoms with Crippen LogP contribution < -0.4 is 5.32 Å². The van der Waals surface area contributed by atoms with Crippen molar-refractivity contribution < 1.29 is 43.9 Å². The molecule has 5 rings (SSSR count). The Hall–Kier alpha value is -2.45. The van der Waals surface area contributed by atoms with E-state index in [0.29, 0.717) is 12.0 Å². The summed E-state index contributed by atoms with van der Waals surface area (Å²) in [5.41, 5.74) is -2.95. The SMILES string of the molecule is [2H]C([2H])([2H])C([2H])([2H])C([2H])([2H])Sc1nc(N[C@H]2CC2c2ccc(F)c(F)c2)c2nnn([C@@H]3C[C@H](OC([2H])([2H])C([2H])([2H])O)[C@@H](O)[C@H]3O)c2n1. The number of benzene rings is 1. The molecule has 0 spiro atoms. The summed E-state index contributed by atoms with van der Waals surface area (Å²) < 4.78 is 118. The number of nitrogens with zero attached hydrogens (tertiary/aromatic N) is 5. The Kier molecular flexibility index (Phi) is 4.40. The van der Waals surface area contributed by atoms with Crippen molar-refractivity contribution in [3.63, 3.8) is 0 Å². The van der Waals surface area contributed by atoms with Gasteiger partial charge in [0.1, 0.15) is 12.2 Å². The molecule has 2 aliphatic rings. The van der Waals surface area contributed by atoms with Crippen LogP contribution in [0.5, 0.6) is 0 Å². The van der Waals surface area contributed by atoms with Crippen LogP contribution in [-0.2, 0) is 4.74 Å². The van der Waals surface area contributed by atoms with Crippen LogP contribution in [0.15, 0.2) is 23.4 Å². The standard InChI is InChI=1S/C23H28F2N6O4S/c1-2-7-36-23-27-21(26-15-9-12(15)11-3-4-13(24)14(25)8-11)18-22(28-23)31(30-29-18)16-10-17(35-6-5-32)20(34)19(16)33/h3-4,8,12,15-17,19-20,32-34H,2,5-7,9-10H2,1H3,(H,26,27,28)/t12?,15-,16+,17-,19-,20+/m0/s1/i1D3,2D2,5D2,6D2,7D2. The molecule has 194 valence electrons. The predicted molar refractivity (Wildman–Crippen MR) is 128 cm³/mol. The first-order valence-electron chi connectivity index (χ1n) is 16.2. The number of aliphatic hydroxyl groups is 3. The van der Waals surface area contributed by atoms with Crippen molar-refractivity contribution in [1.82, 2.24) is 25.0 Å². The number of thioether (sulfide) groups is 1. The van der Waals surface area contributed by atoms with Crippen LogP contribution >= 0.6 is 11.8 Å². The van der Waals surface area contributed by atoms with Crippen molar-refractivity contribution in [1.29, 1.82) is 0 Å². The van der Waals surface area contributed by atoms with Crippen LogP contribution in [0.25, 0.3) is 11.2 Å². The number of hydrogen-bond acceptors (Lipinski definition) is 10. The molecule has 36 heavy (non-hydrogen) atoms. The van der Waals surface area contributed by atoms with Crippen molar-refractivity contribution in [3.8, 4) is 0 Å². The summed E-state index contributed by atoms with van der Waals surface area (Å²) in [5, 5.41) is 41.5. The van der Waals surface area contributed by atoms with Gasteiger partial charge < -0.3 is 25.4 Å². The second-order valence-corrected chi connectivity index (χ2v) is 9.08. The summed E-state index contributed by atoms with van der Waals surface area (Å²) in [4.78, 5) is 8.44. The number of aliphatic hydroxyl groups excluding tert-OH is 2. The Balaban J connectivity index is 1.52. The first kappa shape index (κ1) is 15.1. The van der Waals surface area contributed by atoms with E-state index in [9.17, 15) is 24.1 Å². The van der Waals surface area contributed by atoms with E-state index in [4.69, 9.17) is 19.8 Å². The lowest BCUT2D eigenvalue weighted by Crippen LogP contribution is -2.33. The average molecular weight is 534 g/mol. The van der Waals surface area contributed by atoms with Crippen LogP contribution in [0.3, 0.4) is 0 Å². The van der Waals surface area contributed by atoms with E-state index in [1.165, 1.54) is 6.07 Å². The van der Waals surface area contributed by atoms with Gasteiger partial charge in [-0.05, 0) is 30.5 Å². The molecule has 2 aliphatic carbocycles. The molecular weight excluding hydrogens is 494 g/mol. The lowest BCUT2D eigenvalue weighted by Gasteiger charge is -2.17. The van der Waals surface area contributed by atoms with Crippen LogP contribution in [0.1, 0.15) is 58.7 Å². The largest absolute Gasteiger partial charge is 0.394 e. The predicted octanol–water partition coefficient (Wildman–Crippen LogP) is 2.01. The molecule has 2 saturated carbocycles. The summed E-state index contributed by atoms with van der Waals surface area (Å²) in [6, 6.07) is 1.72. The van der Waals surface area contributed by atoms with Gasteiger partial charge in [-0.3, -0.25) is 0 Å². The molecule has 4 N–H and O–H groups in total. The van der Waals surface area contributed by atoms with Gasteiger partial charge >= 0.3 is 0 Å². The zero-order valence-electron chi connectivity index (χ0n) is 29.3. The van der Waals surface area contributed by atoms with Gasteiger partial charge in [-0.25, -0.2) is 23.4 Å². The van der Waals surface area contributed by atoms with Gasteiger partial charge in [0.2, 0.25) is 0 Å². The molecule has 0 saturated heterocycles. The summed E-state index contributed by atoms with van der Waals surface area (Å²) in [6.45, 7) is -10.2. The number of aromatic nitrogens is 5. The van der Waals surface area contributed by atoms with Gasteiger partial charge in [0, 0.05) is 33.7 Å². The topological polar surface area (TPSA) is 138 Å². The van der Waals surface area contributed by atoms with E-state index in [2.05, 4.69) is 25.6 Å². The minimum Gasteiger partial charge on any atom is -0.394 e. The second-order valence-electron chi connectivity index (χ2n) is 8.31. The van der Waals surface area contributed by atoms with E-state index < -0.39 is 85.7 Å². The fraction of sp³-hybridized carbons (Fsp3) is 0.565. The first-order chi connectivity index (χ1) is 21.4. The number of ether oxygens (including phenoxy) is 1. The average Bonchev–Trinajstić information content (AvgIpc) is 3.48. The normalized spacial score (nSPS) is 34.1. The monoisotopic (exact) mass is 533 g/mol. The third-order valence-electron chi connectivity index (χ3n) is 6.15. The number of nitrogens with one attached hydrogen (secondary N) is 1. The van der Waals surface area contributed by atoms with E-state index in [1.807, 2.05) is 0 Å². The molecule has 13 heteroatoms. The molecule has 2 heterocycles. The van der Waals surface area contributed by atoms with E-state index in [-0.39, 0.29) is 34.7 Å². The minimum absolute atomic E-state index is 0.0444. The number of hydrogen-bond donors (Lipinski definition) is 4. The van der Waals surface area contributed by atoms with Crippen molar-refractivity contribution in [2.75, 3.05) is 24.1 Å². The van der Waals surface area contributed by atoms with Crippen LogP contribution in [0.2, 0.25) is 0 Å². The third kappa shape index (κ3) is 4.90. The Labute approximate surface area is 225 Å². The maximum absolute atomic E-state index is 13.9. The smallest absolute Gasteiger partial charge is 0.191 e. The maximum atomic E-state index is 13.9. The van der Waals surface area contributed by atoms with Crippen molar-refractivity contribution >= 4 is 28.7 Å². The maximum Gasteiger partial charge on any atom is 0.191 e. The highest BCUT2D eigenvalue weighted by molar-refractivity contribution is 7.99. The lowest BCUT2D eigenvalue weighted by molar-refractivity contribution is -0.0629. The fourth-order valence-corrected chi connectivity index (χ4v) is 4.73. The van der Waals surface area contributed by atoms with Gasteiger partial charge in [0.25, 0.3) is 0 Å². The molecule has 1 unspecified atom stereocenters. The number of halogens is 2. The fourth-order valence-electron chi connectivity index (χ4n) is 4.32. The molecule has 1 aromatic carbocycles. The molecule has 6 atom stereocenters. The van der Waals surface area contributed by atoms with Crippen LogP contribution in [-0.4, -0.2) is 83.5 Å². The molecule has 0 bridgehead atoms. The summed E-state index contributed by atoms with van der Waals surface area (Å²) in [7, 11) is 0. The van der Waals surface area contributed by atoms with E-state index in [0.717, 1.165) is 16.8 Å². The highest BCUT2D eigenvalue weighted by Gasteiger charge is 2.45. The van der Waals surface area contributed by atoms with Gasteiger partial charge in [0.15, 0.2) is 33.8 Å². The Bertz CT molecular complexity index is 1660. The highest BCUT2D eigenvalue weighted by atomic mass is 32.2. The van der Waals surface area contributed by atoms with Gasteiger partial charge in [-0.1, -0.05) is 29.9 Å². The molecule has 10 nitrogen and oxygen atoms in total. The molecule has 0 radical (unpaired) electrons. The lowest BCUT2D eigenvalue weighted by atomic mass is 10.1. The molecule has 2 fully saturated rings. The summed E-state index contributed by atoms with van der Waals surface area (Å²) in [6.07, 6.45) is -8.49. The van der Waals surface area contributed by atoms with E-state index >= 15 is 0 Å². The Morgan fingerprint density at radius 1 is 1.25 bits per heavy atom. The first-order valence-corrected chi connectivity index (χ1v) is 11.6. The Morgan fingerprint density at radius 2 is 2.11 bits per heavy atom. The molecule has 3 aromatic rings. The van der Waals surface area contributed by atoms with Crippen molar-refractivity contribution in [2.45, 2.75) is 67.5 Å². The van der Waals surface area contributed by atoms with Crippen molar-refractivity contribution in [3.05, 3.63) is 35.4 Å². The van der Waals surface area contributed by atoms with Crippen LogP contribution in [0.4, 0.5) is 14.6 Å². The quantitative estimate of drug-likeness (QED) is 0.226. The summed E-state index contributed by atoms with van der Waals surface area (Å²) in [5.74, 6) is -2.48. The zero-order valence-corrected chi connectivity index (χ0v) is 19.1. The molecule has 0 amide bonds. The second kappa shape index (κ2) is 10.5. The van der Waals surface area contributed by atoms with Crippen molar-refractivity contribution in [2.24, 2.45) is 0 Å². The number of anilines is 1. The molecular formula is C23H28F2N6O4S. The van der Waals surface area contributed by atoms with Gasteiger partial charge in [-0.15, -0.1) is 5.10 Å². The zero-order chi connectivity index (χ0) is 35.1. The third-order valence-corrected chi connectivity index (χ3v) is 6.72. The van der Waals surface area contributed by atoms with Gasteiger partial charge in [-0.2, -0.15) is 0 Å². The highest BCUT2D eigenvalue weighted by Crippen LogP contribution is 2.44. The number of fused-ring (bicyclic) bond motifs is 1. The molecule has 0 aliphatic heterocycles. The Morgan fingerprint density at radius 3 is 2.89 bits per heavy atom. The van der Waals surface area contributed by atoms with E-state index in [1.54, 1.807) is 0 Å². The van der Waals surface area contributed by atoms with Crippen LogP contribution in [0, 0.1) is 11.6 Å². The molecule has 2 aromatic heterocycles. The minimum atomic E-state index is -3.48.